The maximum Gasteiger partial charge on any atom is 0.264 e. The predicted molar refractivity (Wildman–Crippen MR) is 69.7 cm³/mol. The van der Waals surface area contributed by atoms with Gasteiger partial charge < -0.3 is 10.6 Å². The second-order valence-electron chi connectivity index (χ2n) is 4.27. The molecule has 2 N–H and O–H groups in total. The van der Waals surface area contributed by atoms with Gasteiger partial charge in [-0.15, -0.1) is 11.3 Å². The molecule has 1 fully saturated rings. The van der Waals surface area contributed by atoms with Gasteiger partial charge in [-0.2, -0.15) is 0 Å². The molecule has 0 radical (unpaired) electrons. The molecule has 1 aliphatic rings. The molecule has 0 saturated carbocycles. The SMILES string of the molecule is CC1CC(CN)CN1C(=O)c1cc(Br)cs1. The highest BCUT2D eigenvalue weighted by molar-refractivity contribution is 9.10. The summed E-state index contributed by atoms with van der Waals surface area (Å²) in [6.07, 6.45) is 1.02. The minimum atomic E-state index is 0.138. The highest BCUT2D eigenvalue weighted by Gasteiger charge is 2.32. The van der Waals surface area contributed by atoms with Gasteiger partial charge in [-0.1, -0.05) is 0 Å². The summed E-state index contributed by atoms with van der Waals surface area (Å²) in [6, 6.07) is 2.19. The van der Waals surface area contributed by atoms with Crippen molar-refractivity contribution in [3.63, 3.8) is 0 Å². The molecule has 5 heteroatoms. The largest absolute Gasteiger partial charge is 0.335 e. The maximum atomic E-state index is 12.2. The van der Waals surface area contributed by atoms with E-state index in [0.29, 0.717) is 18.5 Å². The van der Waals surface area contributed by atoms with E-state index in [2.05, 4.69) is 22.9 Å². The van der Waals surface area contributed by atoms with Crippen molar-refractivity contribution < 1.29 is 4.79 Å². The number of amides is 1. The molecule has 0 aromatic carbocycles. The quantitative estimate of drug-likeness (QED) is 0.911. The minimum absolute atomic E-state index is 0.138. The third-order valence-electron chi connectivity index (χ3n) is 3.03. The number of carbonyl (C=O) groups is 1. The summed E-state index contributed by atoms with van der Waals surface area (Å²) < 4.78 is 0.975. The number of hydrogen-bond acceptors (Lipinski definition) is 3. The molecule has 3 nitrogen and oxygen atoms in total. The van der Waals surface area contributed by atoms with Crippen LogP contribution >= 0.6 is 27.3 Å². The average molecular weight is 303 g/mol. The van der Waals surface area contributed by atoms with Crippen LogP contribution in [0, 0.1) is 5.92 Å². The molecule has 0 spiro atoms. The maximum absolute atomic E-state index is 12.2. The monoisotopic (exact) mass is 302 g/mol. The summed E-state index contributed by atoms with van der Waals surface area (Å²) in [5.41, 5.74) is 5.66. The number of thiophene rings is 1. The van der Waals surface area contributed by atoms with Crippen LogP contribution in [0.2, 0.25) is 0 Å². The van der Waals surface area contributed by atoms with Crippen LogP contribution < -0.4 is 5.73 Å². The van der Waals surface area contributed by atoms with E-state index in [1.165, 1.54) is 11.3 Å². The first-order valence-electron chi connectivity index (χ1n) is 5.37. The average Bonchev–Trinajstić information content (AvgIpc) is 2.83. The van der Waals surface area contributed by atoms with Gasteiger partial charge in [-0.25, -0.2) is 0 Å². The van der Waals surface area contributed by atoms with Crippen molar-refractivity contribution in [1.82, 2.24) is 4.90 Å². The van der Waals surface area contributed by atoms with Crippen LogP contribution in [-0.2, 0) is 0 Å². The molecule has 0 aliphatic carbocycles. The molecule has 2 unspecified atom stereocenters. The van der Waals surface area contributed by atoms with Crippen molar-refractivity contribution in [1.29, 1.82) is 0 Å². The summed E-state index contributed by atoms with van der Waals surface area (Å²) in [5, 5.41) is 1.94. The molecule has 88 valence electrons. The Bertz CT molecular complexity index is 393. The summed E-state index contributed by atoms with van der Waals surface area (Å²) >= 11 is 4.86. The number of carbonyl (C=O) groups excluding carboxylic acids is 1. The van der Waals surface area contributed by atoms with Crippen LogP contribution in [0.15, 0.2) is 15.9 Å². The van der Waals surface area contributed by atoms with Crippen molar-refractivity contribution in [3.8, 4) is 0 Å². The summed E-state index contributed by atoms with van der Waals surface area (Å²) in [7, 11) is 0. The Morgan fingerprint density at radius 1 is 1.75 bits per heavy atom. The van der Waals surface area contributed by atoms with E-state index >= 15 is 0 Å². The van der Waals surface area contributed by atoms with Gasteiger partial charge in [-0.3, -0.25) is 4.79 Å². The number of nitrogens with zero attached hydrogens (tertiary/aromatic N) is 1. The van der Waals surface area contributed by atoms with Crippen LogP contribution in [0.5, 0.6) is 0 Å². The van der Waals surface area contributed by atoms with Gasteiger partial charge >= 0.3 is 0 Å². The molecule has 1 aromatic rings. The smallest absolute Gasteiger partial charge is 0.264 e. The van der Waals surface area contributed by atoms with E-state index in [1.54, 1.807) is 0 Å². The Kier molecular flexibility index (Phi) is 3.66. The van der Waals surface area contributed by atoms with Crippen LogP contribution in [0.4, 0.5) is 0 Å². The first-order chi connectivity index (χ1) is 7.61. The predicted octanol–water partition coefficient (Wildman–Crippen LogP) is 2.32. The van der Waals surface area contributed by atoms with Gasteiger partial charge in [0.25, 0.3) is 5.91 Å². The topological polar surface area (TPSA) is 46.3 Å². The molecule has 1 amide bonds. The Labute approximate surface area is 108 Å². The van der Waals surface area contributed by atoms with Crippen molar-refractivity contribution >= 4 is 33.2 Å². The van der Waals surface area contributed by atoms with Crippen LogP contribution in [0.1, 0.15) is 23.0 Å². The summed E-state index contributed by atoms with van der Waals surface area (Å²) in [6.45, 7) is 3.56. The van der Waals surface area contributed by atoms with Crippen molar-refractivity contribution in [3.05, 3.63) is 20.8 Å². The van der Waals surface area contributed by atoms with Crippen LogP contribution in [-0.4, -0.2) is 29.9 Å². The Balaban J connectivity index is 2.11. The zero-order valence-electron chi connectivity index (χ0n) is 9.15. The van der Waals surface area contributed by atoms with E-state index in [4.69, 9.17) is 5.73 Å². The van der Waals surface area contributed by atoms with Crippen LogP contribution in [0.3, 0.4) is 0 Å². The number of rotatable bonds is 2. The van der Waals surface area contributed by atoms with E-state index in [0.717, 1.165) is 22.3 Å². The lowest BCUT2D eigenvalue weighted by atomic mass is 10.1. The van der Waals surface area contributed by atoms with Gasteiger partial charge in [0.05, 0.1) is 4.88 Å². The second kappa shape index (κ2) is 4.85. The third-order valence-corrected chi connectivity index (χ3v) is 4.71. The van der Waals surface area contributed by atoms with Gasteiger partial charge in [0, 0.05) is 22.4 Å². The minimum Gasteiger partial charge on any atom is -0.335 e. The zero-order valence-corrected chi connectivity index (χ0v) is 11.6. The van der Waals surface area contributed by atoms with Gasteiger partial charge in [0.1, 0.15) is 0 Å². The van der Waals surface area contributed by atoms with Crippen LogP contribution in [0.25, 0.3) is 0 Å². The number of nitrogens with two attached hydrogens (primary N) is 1. The number of hydrogen-bond donors (Lipinski definition) is 1. The molecule has 0 bridgehead atoms. The van der Waals surface area contributed by atoms with Gasteiger partial charge in [0.15, 0.2) is 0 Å². The lowest BCUT2D eigenvalue weighted by Gasteiger charge is -2.20. The van der Waals surface area contributed by atoms with E-state index < -0.39 is 0 Å². The lowest BCUT2D eigenvalue weighted by molar-refractivity contribution is 0.0748. The fraction of sp³-hybridized carbons (Fsp3) is 0.545. The third kappa shape index (κ3) is 2.31. The Morgan fingerprint density at radius 3 is 3.00 bits per heavy atom. The molecule has 1 aliphatic heterocycles. The van der Waals surface area contributed by atoms with E-state index in [-0.39, 0.29) is 5.91 Å². The van der Waals surface area contributed by atoms with Crippen molar-refractivity contribution in [2.45, 2.75) is 19.4 Å². The summed E-state index contributed by atoms with van der Waals surface area (Å²) in [4.78, 5) is 14.9. The van der Waals surface area contributed by atoms with Crippen molar-refractivity contribution in [2.75, 3.05) is 13.1 Å². The van der Waals surface area contributed by atoms with E-state index in [1.807, 2.05) is 16.3 Å². The number of halogens is 1. The molecule has 2 heterocycles. The first kappa shape index (κ1) is 12.1. The molecule has 1 saturated heterocycles. The molecular formula is C11H15BrN2OS. The molecule has 2 atom stereocenters. The van der Waals surface area contributed by atoms with E-state index in [9.17, 15) is 4.79 Å². The first-order valence-corrected chi connectivity index (χ1v) is 7.04. The summed E-state index contributed by atoms with van der Waals surface area (Å²) in [5.74, 6) is 0.599. The molecular weight excluding hydrogens is 288 g/mol. The fourth-order valence-corrected chi connectivity index (χ4v) is 3.54. The lowest BCUT2D eigenvalue weighted by Crippen LogP contribution is -2.33. The highest BCUT2D eigenvalue weighted by atomic mass is 79.9. The Morgan fingerprint density at radius 2 is 2.50 bits per heavy atom. The normalized spacial score (nSPS) is 25.1. The zero-order chi connectivity index (χ0) is 11.7. The fourth-order valence-electron chi connectivity index (χ4n) is 2.16. The van der Waals surface area contributed by atoms with Gasteiger partial charge in [0.2, 0.25) is 0 Å². The molecule has 1 aromatic heterocycles. The second-order valence-corrected chi connectivity index (χ2v) is 6.10. The molecule has 16 heavy (non-hydrogen) atoms. The highest BCUT2D eigenvalue weighted by Crippen LogP contribution is 2.27. The van der Waals surface area contributed by atoms with Gasteiger partial charge in [-0.05, 0) is 47.8 Å². The number of likely N-dealkylation sites (tertiary alicyclic amines) is 1. The Hall–Kier alpha value is -0.390. The standard InChI is InChI=1S/C11H15BrN2OS/c1-7-2-8(4-13)5-14(7)11(15)10-3-9(12)6-16-10/h3,6-8H,2,4-5,13H2,1H3. The molecule has 2 rings (SSSR count). The van der Waals surface area contributed by atoms with Crippen molar-refractivity contribution in [2.24, 2.45) is 11.7 Å².